The number of fused-ring (bicyclic) bond motifs is 1. The van der Waals surface area contributed by atoms with Crippen LogP contribution in [0.25, 0.3) is 0 Å². The number of benzene rings is 1. The maximum Gasteiger partial charge on any atom is 0.573 e. The third kappa shape index (κ3) is 7.14. The lowest BCUT2D eigenvalue weighted by Gasteiger charge is -2.36. The van der Waals surface area contributed by atoms with Crippen LogP contribution in [0.2, 0.25) is 0 Å². The number of nitro groups is 1. The standard InChI is InChI=1S/C19H21F3N4O.C7H10N4O3/c1-13-12-23-18(24-17(13)14-2-3-14)26-10-8-25(9-11-26)15-4-6-16(7-5-15)27-19(20,21)22;1-8-5-2-10-3-6(11(12)13)9-7(10)14-4-5/h4-7,12,14H,2-3,8-11H2,1H3;3,5,8H,2,4H2,1H3. The van der Waals surface area contributed by atoms with Crippen molar-refractivity contribution in [3.05, 3.63) is 58.0 Å². The highest BCUT2D eigenvalue weighted by Crippen LogP contribution is 2.40. The SMILES string of the molecule is CNC1COc2nc([N+](=O)[O-])cn2C1.Cc1cnc(N2CCN(c3ccc(OC(F)(F)F)cc3)CC2)nc1C1CC1. The molecule has 2 fully saturated rings. The molecule has 3 aromatic rings. The number of piperazine rings is 1. The normalized spacial score (nSPS) is 18.6. The van der Waals surface area contributed by atoms with Crippen molar-refractivity contribution in [1.82, 2.24) is 24.8 Å². The maximum atomic E-state index is 12.3. The monoisotopic (exact) mass is 576 g/mol. The fraction of sp³-hybridized carbons (Fsp3) is 0.500. The van der Waals surface area contributed by atoms with Crippen LogP contribution < -0.4 is 24.6 Å². The van der Waals surface area contributed by atoms with E-state index < -0.39 is 11.3 Å². The van der Waals surface area contributed by atoms with Gasteiger partial charge < -0.3 is 34.7 Å². The van der Waals surface area contributed by atoms with Crippen molar-refractivity contribution in [2.24, 2.45) is 0 Å². The highest BCUT2D eigenvalue weighted by Gasteiger charge is 2.31. The first-order valence-electron chi connectivity index (χ1n) is 13.3. The van der Waals surface area contributed by atoms with Crippen molar-refractivity contribution < 1.29 is 27.6 Å². The molecule has 1 aromatic carbocycles. The number of aryl methyl sites for hydroxylation is 1. The van der Waals surface area contributed by atoms with Gasteiger partial charge >= 0.3 is 18.2 Å². The van der Waals surface area contributed by atoms with Gasteiger partial charge in [-0.05, 0) is 61.6 Å². The molecule has 1 unspecified atom stereocenters. The zero-order valence-electron chi connectivity index (χ0n) is 22.7. The minimum absolute atomic E-state index is 0.170. The molecular weight excluding hydrogens is 545 g/mol. The summed E-state index contributed by atoms with van der Waals surface area (Å²) in [4.78, 5) is 27.2. The topological polar surface area (TPSA) is 124 Å². The lowest BCUT2D eigenvalue weighted by Crippen LogP contribution is -2.47. The molecule has 41 heavy (non-hydrogen) atoms. The fourth-order valence-corrected chi connectivity index (χ4v) is 4.75. The van der Waals surface area contributed by atoms with E-state index in [1.54, 1.807) is 16.7 Å². The van der Waals surface area contributed by atoms with Crippen molar-refractivity contribution in [3.63, 3.8) is 0 Å². The Kier molecular flexibility index (Phi) is 8.15. The van der Waals surface area contributed by atoms with E-state index in [1.807, 2.05) is 13.2 Å². The highest BCUT2D eigenvalue weighted by atomic mass is 19.4. The molecule has 0 amide bonds. The Morgan fingerprint density at radius 3 is 2.39 bits per heavy atom. The molecule has 15 heteroatoms. The molecule has 4 heterocycles. The van der Waals surface area contributed by atoms with E-state index in [2.05, 4.69) is 36.7 Å². The van der Waals surface area contributed by atoms with Gasteiger partial charge in [-0.2, -0.15) is 0 Å². The smallest absolute Gasteiger partial charge is 0.444 e. The number of halogens is 3. The van der Waals surface area contributed by atoms with Crippen LogP contribution in [0.5, 0.6) is 11.8 Å². The number of likely N-dealkylation sites (N-methyl/N-ethyl adjacent to an activating group) is 1. The molecule has 1 atom stereocenters. The van der Waals surface area contributed by atoms with E-state index in [1.165, 1.54) is 36.9 Å². The molecule has 12 nitrogen and oxygen atoms in total. The Morgan fingerprint density at radius 2 is 1.78 bits per heavy atom. The van der Waals surface area contributed by atoms with Crippen molar-refractivity contribution in [2.45, 2.75) is 44.6 Å². The molecule has 2 aromatic heterocycles. The molecule has 220 valence electrons. The molecule has 1 saturated carbocycles. The van der Waals surface area contributed by atoms with Crippen LogP contribution in [0.4, 0.5) is 30.6 Å². The van der Waals surface area contributed by atoms with Crippen molar-refractivity contribution in [2.75, 3.05) is 49.6 Å². The first-order chi connectivity index (χ1) is 19.6. The second kappa shape index (κ2) is 11.8. The van der Waals surface area contributed by atoms with Gasteiger partial charge in [-0.25, -0.2) is 9.97 Å². The summed E-state index contributed by atoms with van der Waals surface area (Å²) >= 11 is 0. The zero-order valence-corrected chi connectivity index (χ0v) is 22.7. The number of hydrogen-bond donors (Lipinski definition) is 1. The number of nitrogens with zero attached hydrogens (tertiary/aromatic N) is 7. The molecule has 0 radical (unpaired) electrons. The molecule has 0 bridgehead atoms. The van der Waals surface area contributed by atoms with Crippen LogP contribution in [0.3, 0.4) is 0 Å². The van der Waals surface area contributed by atoms with E-state index >= 15 is 0 Å². The summed E-state index contributed by atoms with van der Waals surface area (Å²) in [5.74, 6) is 0.990. The molecule has 1 saturated heterocycles. The van der Waals surface area contributed by atoms with Gasteiger partial charge in [-0.3, -0.25) is 4.57 Å². The minimum Gasteiger partial charge on any atom is -0.444 e. The van der Waals surface area contributed by atoms with Gasteiger partial charge in [-0.15, -0.1) is 13.2 Å². The Labute approximate surface area is 234 Å². The first-order valence-corrected chi connectivity index (χ1v) is 13.3. The Morgan fingerprint density at radius 1 is 1.10 bits per heavy atom. The molecule has 0 spiro atoms. The predicted octanol–water partition coefficient (Wildman–Crippen LogP) is 3.66. The molecule has 2 aliphatic heterocycles. The van der Waals surface area contributed by atoms with Crippen molar-refractivity contribution in [1.29, 1.82) is 0 Å². The molecule has 1 N–H and O–H groups in total. The summed E-state index contributed by atoms with van der Waals surface area (Å²) in [6.45, 7) is 6.26. The summed E-state index contributed by atoms with van der Waals surface area (Å²) in [6.07, 6.45) is 1.04. The number of rotatable bonds is 6. The molecule has 3 aliphatic rings. The van der Waals surface area contributed by atoms with Gasteiger partial charge in [0.1, 0.15) is 18.6 Å². The number of hydrogen-bond acceptors (Lipinski definition) is 10. The summed E-state index contributed by atoms with van der Waals surface area (Å²) < 4.78 is 47.6. The van der Waals surface area contributed by atoms with Gasteiger partial charge in [0.25, 0.3) is 0 Å². The molecular formula is C26H31F3N8O4. The second-order valence-electron chi connectivity index (χ2n) is 10.1. The second-order valence-corrected chi connectivity index (χ2v) is 10.1. The number of nitrogens with one attached hydrogen (secondary N) is 1. The lowest BCUT2D eigenvalue weighted by atomic mass is 10.2. The molecule has 6 rings (SSSR count). The van der Waals surface area contributed by atoms with Crippen LogP contribution >= 0.6 is 0 Å². The summed E-state index contributed by atoms with van der Waals surface area (Å²) in [5, 5.41) is 13.5. The number of alkyl halides is 3. The van der Waals surface area contributed by atoms with E-state index in [4.69, 9.17) is 9.72 Å². The average molecular weight is 577 g/mol. The van der Waals surface area contributed by atoms with Crippen LogP contribution in [0.1, 0.15) is 30.0 Å². The zero-order chi connectivity index (χ0) is 29.1. The third-order valence-electron chi connectivity index (χ3n) is 7.11. The van der Waals surface area contributed by atoms with Crippen molar-refractivity contribution >= 4 is 17.5 Å². The van der Waals surface area contributed by atoms with E-state index in [0.717, 1.165) is 43.4 Å². The van der Waals surface area contributed by atoms with Crippen LogP contribution in [-0.2, 0) is 6.54 Å². The lowest BCUT2D eigenvalue weighted by molar-refractivity contribution is -0.389. The largest absolute Gasteiger partial charge is 0.573 e. The van der Waals surface area contributed by atoms with Crippen LogP contribution in [-0.4, -0.2) is 76.7 Å². The van der Waals surface area contributed by atoms with Crippen LogP contribution in [0.15, 0.2) is 36.7 Å². The Balaban J connectivity index is 0.000000202. The Bertz CT molecular complexity index is 1360. The van der Waals surface area contributed by atoms with E-state index in [-0.39, 0.29) is 17.6 Å². The summed E-state index contributed by atoms with van der Waals surface area (Å²) in [7, 11) is 1.82. The van der Waals surface area contributed by atoms with Gasteiger partial charge in [0.15, 0.2) is 0 Å². The number of aromatic nitrogens is 4. The average Bonchev–Trinajstić information content (AvgIpc) is 3.70. The number of ether oxygens (including phenoxy) is 2. The summed E-state index contributed by atoms with van der Waals surface area (Å²) in [5.41, 5.74) is 3.21. The van der Waals surface area contributed by atoms with E-state index in [0.29, 0.717) is 25.1 Å². The minimum atomic E-state index is -4.67. The summed E-state index contributed by atoms with van der Waals surface area (Å²) in [6, 6.07) is 6.51. The van der Waals surface area contributed by atoms with Crippen molar-refractivity contribution in [3.8, 4) is 11.8 Å². The Hall–Kier alpha value is -4.14. The third-order valence-corrected chi connectivity index (χ3v) is 7.11. The fourth-order valence-electron chi connectivity index (χ4n) is 4.75. The van der Waals surface area contributed by atoms with E-state index in [9.17, 15) is 23.3 Å². The van der Waals surface area contributed by atoms with Gasteiger partial charge in [-0.1, -0.05) is 0 Å². The van der Waals surface area contributed by atoms with Gasteiger partial charge in [0.2, 0.25) is 5.95 Å². The van der Waals surface area contributed by atoms with Gasteiger partial charge in [0, 0.05) is 55.5 Å². The highest BCUT2D eigenvalue weighted by molar-refractivity contribution is 5.51. The van der Waals surface area contributed by atoms with Crippen LogP contribution in [0, 0.1) is 17.0 Å². The maximum absolute atomic E-state index is 12.3. The first kappa shape index (κ1) is 28.4. The predicted molar refractivity (Wildman–Crippen MR) is 144 cm³/mol. The van der Waals surface area contributed by atoms with Gasteiger partial charge in [0.05, 0.1) is 11.7 Å². The number of imidazole rings is 1. The number of anilines is 2. The quantitative estimate of drug-likeness (QED) is 0.344. The molecule has 1 aliphatic carbocycles.